The number of hydrogen-bond donors (Lipinski definition) is 3. The van der Waals surface area contributed by atoms with Crippen LogP contribution in [0.25, 0.3) is 0 Å². The van der Waals surface area contributed by atoms with E-state index in [2.05, 4.69) is 41.8 Å². The van der Waals surface area contributed by atoms with E-state index >= 15 is 0 Å². The minimum absolute atomic E-state index is 0.141. The molecule has 0 spiro atoms. The highest BCUT2D eigenvalue weighted by Crippen LogP contribution is 2.23. The van der Waals surface area contributed by atoms with Gasteiger partial charge in [0.2, 0.25) is 5.95 Å². The topological polar surface area (TPSA) is 88.2 Å². The molecular weight excluding hydrogens is 490 g/mol. The molecule has 0 radical (unpaired) electrons. The molecule has 0 atom stereocenters. The molecule has 2 heterocycles. The number of ether oxygens (including phenoxy) is 1. The van der Waals surface area contributed by atoms with Crippen LogP contribution in [0.2, 0.25) is 0 Å². The average molecular weight is 510 g/mol. The van der Waals surface area contributed by atoms with Gasteiger partial charge in [0, 0.05) is 38.7 Å². The van der Waals surface area contributed by atoms with Crippen molar-refractivity contribution in [3.05, 3.63) is 81.1 Å². The van der Waals surface area contributed by atoms with Crippen LogP contribution < -0.4 is 20.7 Å². The molecule has 0 saturated heterocycles. The maximum Gasteiger partial charge on any atom is 0.265 e. The van der Waals surface area contributed by atoms with Crippen molar-refractivity contribution in [3.8, 4) is 5.75 Å². The Bertz CT molecular complexity index is 1230. The number of methoxy groups -OCH3 is 1. The minimum atomic E-state index is -0.141. The zero-order valence-corrected chi connectivity index (χ0v) is 19.8. The lowest BCUT2D eigenvalue weighted by atomic mass is 10.2. The van der Waals surface area contributed by atoms with Gasteiger partial charge in [0.05, 0.1) is 12.0 Å². The summed E-state index contributed by atoms with van der Waals surface area (Å²) in [6.45, 7) is 1.91. The summed E-state index contributed by atoms with van der Waals surface area (Å²) in [7, 11) is 1.64. The molecular formula is C23H20BrN5O2S. The smallest absolute Gasteiger partial charge is 0.265 e. The quantitative estimate of drug-likeness (QED) is 0.268. The Labute approximate surface area is 198 Å². The second kappa shape index (κ2) is 9.80. The van der Waals surface area contributed by atoms with Crippen LogP contribution >= 0.6 is 27.3 Å². The number of carbonyl (C=O) groups is 1. The number of aromatic nitrogens is 2. The first-order chi connectivity index (χ1) is 15.5. The van der Waals surface area contributed by atoms with Crippen LogP contribution in [0.5, 0.6) is 5.75 Å². The lowest BCUT2D eigenvalue weighted by Crippen LogP contribution is -2.10. The summed E-state index contributed by atoms with van der Waals surface area (Å²) in [5.74, 6) is 1.80. The van der Waals surface area contributed by atoms with E-state index in [-0.39, 0.29) is 5.91 Å². The molecule has 0 aliphatic rings. The van der Waals surface area contributed by atoms with Gasteiger partial charge in [-0.1, -0.05) is 0 Å². The third kappa shape index (κ3) is 5.63. The maximum atomic E-state index is 12.3. The maximum absolute atomic E-state index is 12.3. The predicted molar refractivity (Wildman–Crippen MR) is 133 cm³/mol. The van der Waals surface area contributed by atoms with Gasteiger partial charge in [-0.2, -0.15) is 4.98 Å². The summed E-state index contributed by atoms with van der Waals surface area (Å²) < 4.78 is 6.08. The number of halogens is 1. The molecule has 3 N–H and O–H groups in total. The number of nitrogens with zero attached hydrogens (tertiary/aromatic N) is 2. The molecule has 9 heteroatoms. The number of anilines is 5. The molecule has 162 valence electrons. The fourth-order valence-electron chi connectivity index (χ4n) is 2.90. The Morgan fingerprint density at radius 3 is 2.25 bits per heavy atom. The van der Waals surface area contributed by atoms with Crippen LogP contribution in [-0.2, 0) is 0 Å². The Hall–Kier alpha value is -3.43. The Kier molecular flexibility index (Phi) is 6.67. The van der Waals surface area contributed by atoms with Crippen LogP contribution in [0.4, 0.5) is 28.8 Å². The lowest BCUT2D eigenvalue weighted by molar-refractivity contribution is 0.103. The van der Waals surface area contributed by atoms with Gasteiger partial charge in [0.25, 0.3) is 5.91 Å². The molecule has 0 aliphatic carbocycles. The van der Waals surface area contributed by atoms with Gasteiger partial charge in [-0.25, -0.2) is 4.98 Å². The van der Waals surface area contributed by atoms with Crippen LogP contribution in [0.3, 0.4) is 0 Å². The van der Waals surface area contributed by atoms with Gasteiger partial charge in [-0.05, 0) is 77.5 Å². The van der Waals surface area contributed by atoms with E-state index in [1.54, 1.807) is 13.2 Å². The van der Waals surface area contributed by atoms with Crippen molar-refractivity contribution in [1.29, 1.82) is 0 Å². The molecule has 2 aromatic carbocycles. The zero-order valence-electron chi connectivity index (χ0n) is 17.3. The standard InChI is InChI=1S/C23H20BrN5O2S/c1-14-11-21(26-16-7-9-19(31-2)10-8-16)29-23(25-14)28-18-5-3-17(4-6-18)27-22(30)20-12-15(24)13-32-20/h3-13H,1-2H3,(H,27,30)(H2,25,26,28,29). The summed E-state index contributed by atoms with van der Waals surface area (Å²) >= 11 is 4.75. The van der Waals surface area contributed by atoms with Gasteiger partial charge in [-0.15, -0.1) is 11.3 Å². The average Bonchev–Trinajstić information content (AvgIpc) is 3.22. The van der Waals surface area contributed by atoms with E-state index in [9.17, 15) is 4.79 Å². The minimum Gasteiger partial charge on any atom is -0.497 e. The summed E-state index contributed by atoms with van der Waals surface area (Å²) in [4.78, 5) is 21.9. The molecule has 0 aliphatic heterocycles. The fraction of sp³-hybridized carbons (Fsp3) is 0.0870. The Morgan fingerprint density at radius 2 is 1.59 bits per heavy atom. The summed E-state index contributed by atoms with van der Waals surface area (Å²) in [5.41, 5.74) is 3.23. The number of carbonyl (C=O) groups excluding carboxylic acids is 1. The van der Waals surface area contributed by atoms with Crippen molar-refractivity contribution in [2.75, 3.05) is 23.1 Å². The number of benzene rings is 2. The normalized spacial score (nSPS) is 10.5. The molecule has 4 aromatic rings. The second-order valence-corrected chi connectivity index (χ2v) is 8.68. The second-order valence-electron chi connectivity index (χ2n) is 6.86. The first kappa shape index (κ1) is 21.8. The molecule has 4 rings (SSSR count). The molecule has 32 heavy (non-hydrogen) atoms. The monoisotopic (exact) mass is 509 g/mol. The van der Waals surface area contributed by atoms with Gasteiger partial charge in [-0.3, -0.25) is 4.79 Å². The Morgan fingerprint density at radius 1 is 0.938 bits per heavy atom. The van der Waals surface area contributed by atoms with Gasteiger partial charge in [0.15, 0.2) is 0 Å². The highest BCUT2D eigenvalue weighted by atomic mass is 79.9. The first-order valence-corrected chi connectivity index (χ1v) is 11.3. The summed E-state index contributed by atoms with van der Waals surface area (Å²) in [5, 5.41) is 11.2. The summed E-state index contributed by atoms with van der Waals surface area (Å²) in [6, 6.07) is 18.7. The van der Waals surface area contributed by atoms with E-state index in [4.69, 9.17) is 4.74 Å². The number of aryl methyl sites for hydroxylation is 1. The van der Waals surface area contributed by atoms with E-state index in [1.807, 2.05) is 66.9 Å². The van der Waals surface area contributed by atoms with Crippen molar-refractivity contribution >= 4 is 62.0 Å². The highest BCUT2D eigenvalue weighted by molar-refractivity contribution is 9.10. The highest BCUT2D eigenvalue weighted by Gasteiger charge is 2.09. The molecule has 0 fully saturated rings. The first-order valence-electron chi connectivity index (χ1n) is 9.68. The van der Waals surface area contributed by atoms with Crippen molar-refractivity contribution in [2.45, 2.75) is 6.92 Å². The van der Waals surface area contributed by atoms with E-state index in [0.717, 1.165) is 27.3 Å². The molecule has 0 saturated carbocycles. The fourth-order valence-corrected chi connectivity index (χ4v) is 4.22. The van der Waals surface area contributed by atoms with Crippen molar-refractivity contribution in [2.24, 2.45) is 0 Å². The van der Waals surface area contributed by atoms with Crippen LogP contribution in [0.15, 0.2) is 70.5 Å². The Balaban J connectivity index is 1.42. The molecule has 0 unspecified atom stereocenters. The van der Waals surface area contributed by atoms with Crippen molar-refractivity contribution in [1.82, 2.24) is 9.97 Å². The van der Waals surface area contributed by atoms with Crippen LogP contribution in [0, 0.1) is 6.92 Å². The van der Waals surface area contributed by atoms with Crippen molar-refractivity contribution < 1.29 is 9.53 Å². The molecule has 0 bridgehead atoms. The van der Waals surface area contributed by atoms with E-state index < -0.39 is 0 Å². The number of amides is 1. The lowest BCUT2D eigenvalue weighted by Gasteiger charge is -2.11. The third-order valence-corrected chi connectivity index (χ3v) is 6.10. The molecule has 1 amide bonds. The number of rotatable bonds is 7. The predicted octanol–water partition coefficient (Wildman–Crippen LogP) is 6.36. The number of thiophene rings is 1. The van der Waals surface area contributed by atoms with Gasteiger partial charge < -0.3 is 20.7 Å². The van der Waals surface area contributed by atoms with Gasteiger partial charge >= 0.3 is 0 Å². The van der Waals surface area contributed by atoms with E-state index in [1.165, 1.54) is 11.3 Å². The largest absolute Gasteiger partial charge is 0.497 e. The third-order valence-electron chi connectivity index (χ3n) is 4.41. The molecule has 2 aromatic heterocycles. The van der Waals surface area contributed by atoms with Gasteiger partial charge in [0.1, 0.15) is 11.6 Å². The SMILES string of the molecule is COc1ccc(Nc2cc(C)nc(Nc3ccc(NC(=O)c4cc(Br)cs4)cc3)n2)cc1. The van der Waals surface area contributed by atoms with Crippen LogP contribution in [-0.4, -0.2) is 23.0 Å². The summed E-state index contributed by atoms with van der Waals surface area (Å²) in [6.07, 6.45) is 0. The van der Waals surface area contributed by atoms with Crippen LogP contribution in [0.1, 0.15) is 15.4 Å². The number of nitrogens with one attached hydrogen (secondary N) is 3. The molecule has 7 nitrogen and oxygen atoms in total. The zero-order chi connectivity index (χ0) is 22.5. The van der Waals surface area contributed by atoms with E-state index in [0.29, 0.717) is 22.3 Å². The van der Waals surface area contributed by atoms with Crippen molar-refractivity contribution in [3.63, 3.8) is 0 Å². The number of hydrogen-bond acceptors (Lipinski definition) is 7.